The smallest absolute Gasteiger partial charge is 0.190 e. The summed E-state index contributed by atoms with van der Waals surface area (Å²) in [5.74, 6) is -0.470. The molecule has 1 heterocycles. The van der Waals surface area contributed by atoms with Crippen molar-refractivity contribution in [3.63, 3.8) is 0 Å². The lowest BCUT2D eigenvalue weighted by Crippen LogP contribution is -2.38. The number of hydrogen-bond acceptors (Lipinski definition) is 4. The highest BCUT2D eigenvalue weighted by Gasteiger charge is 2.22. The first-order valence-corrected chi connectivity index (χ1v) is 4.26. The molecule has 2 rings (SSSR count). The molecule has 0 atom stereocenters. The molecule has 4 N–H and O–H groups in total. The average Bonchev–Trinajstić information content (AvgIpc) is 2.10. The fourth-order valence-electron chi connectivity index (χ4n) is 1.14. The summed E-state index contributed by atoms with van der Waals surface area (Å²) in [6, 6.07) is 2.99. The minimum Gasteiger partial charge on any atom is -0.482 e. The SMILES string of the molecule is Nc1ccc(OC2COC2)c(F)c1N. The van der Waals surface area contributed by atoms with Gasteiger partial charge in [-0.2, -0.15) is 0 Å². The van der Waals surface area contributed by atoms with Crippen LogP contribution in [0.5, 0.6) is 5.75 Å². The van der Waals surface area contributed by atoms with Crippen molar-refractivity contribution in [2.24, 2.45) is 0 Å². The van der Waals surface area contributed by atoms with Gasteiger partial charge in [0.25, 0.3) is 0 Å². The molecule has 0 radical (unpaired) electrons. The van der Waals surface area contributed by atoms with Gasteiger partial charge in [-0.1, -0.05) is 0 Å². The third kappa shape index (κ3) is 1.46. The van der Waals surface area contributed by atoms with E-state index < -0.39 is 5.82 Å². The first-order chi connectivity index (χ1) is 6.68. The lowest BCUT2D eigenvalue weighted by atomic mass is 10.2. The van der Waals surface area contributed by atoms with E-state index in [1.807, 2.05) is 0 Å². The van der Waals surface area contributed by atoms with Gasteiger partial charge < -0.3 is 20.9 Å². The minimum atomic E-state index is -0.600. The molecule has 1 aromatic rings. The summed E-state index contributed by atoms with van der Waals surface area (Å²) in [6.45, 7) is 0.980. The molecule has 0 bridgehead atoms. The van der Waals surface area contributed by atoms with Gasteiger partial charge in [-0.15, -0.1) is 0 Å². The van der Waals surface area contributed by atoms with Crippen LogP contribution < -0.4 is 16.2 Å². The van der Waals surface area contributed by atoms with Crippen molar-refractivity contribution in [3.05, 3.63) is 17.9 Å². The van der Waals surface area contributed by atoms with Gasteiger partial charge in [-0.05, 0) is 12.1 Å². The molecule has 5 heteroatoms. The summed E-state index contributed by atoms with van der Waals surface area (Å²) in [6.07, 6.45) is -0.0764. The van der Waals surface area contributed by atoms with E-state index in [-0.39, 0.29) is 23.2 Å². The number of anilines is 2. The van der Waals surface area contributed by atoms with Crippen molar-refractivity contribution in [2.75, 3.05) is 24.7 Å². The summed E-state index contributed by atoms with van der Waals surface area (Å²) >= 11 is 0. The van der Waals surface area contributed by atoms with Crippen LogP contribution in [0.2, 0.25) is 0 Å². The standard InChI is InChI=1S/C9H11FN2O2/c10-8-7(14-5-3-13-4-5)2-1-6(11)9(8)12/h1-2,5H,3-4,11-12H2. The summed E-state index contributed by atoms with van der Waals surface area (Å²) in [4.78, 5) is 0. The molecular formula is C9H11FN2O2. The first-order valence-electron chi connectivity index (χ1n) is 4.26. The molecule has 0 amide bonds. The number of nitrogens with two attached hydrogens (primary N) is 2. The van der Waals surface area contributed by atoms with Gasteiger partial charge in [0.15, 0.2) is 11.6 Å². The molecule has 0 saturated carbocycles. The number of hydrogen-bond donors (Lipinski definition) is 2. The zero-order chi connectivity index (χ0) is 10.1. The maximum absolute atomic E-state index is 13.4. The van der Waals surface area contributed by atoms with E-state index in [1.165, 1.54) is 12.1 Å². The van der Waals surface area contributed by atoms with Gasteiger partial charge in [0, 0.05) is 0 Å². The number of benzene rings is 1. The third-order valence-electron chi connectivity index (χ3n) is 2.08. The topological polar surface area (TPSA) is 70.5 Å². The molecular weight excluding hydrogens is 187 g/mol. The molecule has 4 nitrogen and oxygen atoms in total. The predicted octanol–water partition coefficient (Wildman–Crippen LogP) is 0.768. The molecule has 0 aliphatic carbocycles. The highest BCUT2D eigenvalue weighted by atomic mass is 19.1. The Bertz CT molecular complexity index is 353. The van der Waals surface area contributed by atoms with Crippen molar-refractivity contribution in [1.82, 2.24) is 0 Å². The second kappa shape index (κ2) is 3.34. The van der Waals surface area contributed by atoms with Crippen molar-refractivity contribution >= 4 is 11.4 Å². The Morgan fingerprint density at radius 3 is 2.64 bits per heavy atom. The fraction of sp³-hybridized carbons (Fsp3) is 0.333. The minimum absolute atomic E-state index is 0.0669. The van der Waals surface area contributed by atoms with Crippen LogP contribution in [0.15, 0.2) is 12.1 Å². The molecule has 1 aliphatic rings. The average molecular weight is 198 g/mol. The lowest BCUT2D eigenvalue weighted by Gasteiger charge is -2.27. The molecule has 14 heavy (non-hydrogen) atoms. The van der Waals surface area contributed by atoms with E-state index in [2.05, 4.69) is 0 Å². The number of halogens is 1. The van der Waals surface area contributed by atoms with Gasteiger partial charge in [-0.3, -0.25) is 0 Å². The van der Waals surface area contributed by atoms with Gasteiger partial charge in [0.05, 0.1) is 24.6 Å². The summed E-state index contributed by atoms with van der Waals surface area (Å²) in [5.41, 5.74) is 11.0. The van der Waals surface area contributed by atoms with Crippen LogP contribution in [0, 0.1) is 5.82 Å². The Kier molecular flexibility index (Phi) is 2.17. The first kappa shape index (κ1) is 9.08. The largest absolute Gasteiger partial charge is 0.482 e. The molecule has 0 aromatic heterocycles. The Morgan fingerprint density at radius 2 is 2.07 bits per heavy atom. The summed E-state index contributed by atoms with van der Waals surface area (Å²) in [7, 11) is 0. The monoisotopic (exact) mass is 198 g/mol. The molecule has 1 aliphatic heterocycles. The van der Waals surface area contributed by atoms with Crippen LogP contribution in [-0.2, 0) is 4.74 Å². The molecule has 1 saturated heterocycles. The van der Waals surface area contributed by atoms with Gasteiger partial charge in [0.2, 0.25) is 0 Å². The van der Waals surface area contributed by atoms with Crippen molar-refractivity contribution < 1.29 is 13.9 Å². The van der Waals surface area contributed by atoms with Crippen LogP contribution in [0.3, 0.4) is 0 Å². The molecule has 1 fully saturated rings. The third-order valence-corrected chi connectivity index (χ3v) is 2.08. The lowest BCUT2D eigenvalue weighted by molar-refractivity contribution is -0.0808. The van der Waals surface area contributed by atoms with Crippen molar-refractivity contribution in [3.8, 4) is 5.75 Å². The summed E-state index contributed by atoms with van der Waals surface area (Å²) in [5, 5.41) is 0. The Morgan fingerprint density at radius 1 is 1.36 bits per heavy atom. The number of nitrogen functional groups attached to an aromatic ring is 2. The highest BCUT2D eigenvalue weighted by Crippen LogP contribution is 2.28. The van der Waals surface area contributed by atoms with E-state index in [4.69, 9.17) is 20.9 Å². The Balaban J connectivity index is 2.20. The number of rotatable bonds is 2. The van der Waals surface area contributed by atoms with Crippen LogP contribution in [0.4, 0.5) is 15.8 Å². The quantitative estimate of drug-likeness (QED) is 0.688. The second-order valence-electron chi connectivity index (χ2n) is 3.16. The zero-order valence-electron chi connectivity index (χ0n) is 7.50. The molecule has 0 spiro atoms. The van der Waals surface area contributed by atoms with Crippen LogP contribution in [-0.4, -0.2) is 19.3 Å². The van der Waals surface area contributed by atoms with Gasteiger partial charge in [-0.25, -0.2) is 4.39 Å². The van der Waals surface area contributed by atoms with E-state index in [0.29, 0.717) is 13.2 Å². The van der Waals surface area contributed by atoms with E-state index in [9.17, 15) is 4.39 Å². The number of ether oxygens (including phenoxy) is 2. The maximum atomic E-state index is 13.4. The van der Waals surface area contributed by atoms with E-state index >= 15 is 0 Å². The zero-order valence-corrected chi connectivity index (χ0v) is 7.50. The Labute approximate surface area is 80.6 Å². The normalized spacial score (nSPS) is 16.4. The van der Waals surface area contributed by atoms with Crippen molar-refractivity contribution in [2.45, 2.75) is 6.10 Å². The van der Waals surface area contributed by atoms with E-state index in [0.717, 1.165) is 0 Å². The fourth-order valence-corrected chi connectivity index (χ4v) is 1.14. The van der Waals surface area contributed by atoms with Gasteiger partial charge >= 0.3 is 0 Å². The Hall–Kier alpha value is -1.49. The van der Waals surface area contributed by atoms with Crippen LogP contribution in [0.25, 0.3) is 0 Å². The summed E-state index contributed by atoms with van der Waals surface area (Å²) < 4.78 is 23.6. The molecule has 1 aromatic carbocycles. The molecule has 76 valence electrons. The van der Waals surface area contributed by atoms with E-state index in [1.54, 1.807) is 0 Å². The van der Waals surface area contributed by atoms with Crippen LogP contribution in [0.1, 0.15) is 0 Å². The van der Waals surface area contributed by atoms with Crippen molar-refractivity contribution in [1.29, 1.82) is 0 Å². The molecule has 0 unspecified atom stereocenters. The predicted molar refractivity (Wildman–Crippen MR) is 50.5 cm³/mol. The maximum Gasteiger partial charge on any atom is 0.190 e. The highest BCUT2D eigenvalue weighted by molar-refractivity contribution is 5.66. The van der Waals surface area contributed by atoms with Crippen LogP contribution >= 0.6 is 0 Å². The second-order valence-corrected chi connectivity index (χ2v) is 3.16. The van der Waals surface area contributed by atoms with Gasteiger partial charge in [0.1, 0.15) is 6.10 Å².